The average molecular weight is 347 g/mol. The molecule has 1 atom stereocenters. The summed E-state index contributed by atoms with van der Waals surface area (Å²) in [4.78, 5) is 0. The molecule has 2 rings (SSSR count). The minimum absolute atomic E-state index is 0.0459. The summed E-state index contributed by atoms with van der Waals surface area (Å²) in [7, 11) is 0. The van der Waals surface area contributed by atoms with E-state index in [2.05, 4.69) is 61.0 Å². The van der Waals surface area contributed by atoms with Crippen molar-refractivity contribution in [3.05, 3.63) is 69.4 Å². The van der Waals surface area contributed by atoms with Crippen LogP contribution in [0.2, 0.25) is 0 Å². The lowest BCUT2D eigenvalue weighted by molar-refractivity contribution is 0.141. The maximum absolute atomic E-state index is 6.19. The van der Waals surface area contributed by atoms with Gasteiger partial charge in [0.1, 0.15) is 11.9 Å². The Morgan fingerprint density at radius 1 is 1.14 bits per heavy atom. The van der Waals surface area contributed by atoms with Crippen molar-refractivity contribution in [2.45, 2.75) is 46.1 Å². The van der Waals surface area contributed by atoms with Crippen molar-refractivity contribution in [1.82, 2.24) is 0 Å². The van der Waals surface area contributed by atoms with Crippen LogP contribution < -0.4 is 0 Å². The fourth-order valence-corrected chi connectivity index (χ4v) is 2.97. The summed E-state index contributed by atoms with van der Waals surface area (Å²) in [6, 6.07) is 10.3. The van der Waals surface area contributed by atoms with Crippen molar-refractivity contribution in [2.75, 3.05) is 0 Å². The predicted octanol–water partition coefficient (Wildman–Crippen LogP) is 6.45. The SMILES string of the molecule is CC1=C(\C)CCC/C=C(OC(C)c2ccccc2)/C(Br)=C\1. The summed E-state index contributed by atoms with van der Waals surface area (Å²) in [6.45, 7) is 6.47. The first-order valence-corrected chi connectivity index (χ1v) is 8.33. The van der Waals surface area contributed by atoms with Gasteiger partial charge < -0.3 is 4.74 Å². The second-order valence-corrected chi connectivity index (χ2v) is 6.44. The van der Waals surface area contributed by atoms with Gasteiger partial charge in [-0.3, -0.25) is 0 Å². The minimum Gasteiger partial charge on any atom is -0.485 e. The van der Waals surface area contributed by atoms with Crippen LogP contribution in [0.15, 0.2) is 63.9 Å². The lowest BCUT2D eigenvalue weighted by Crippen LogP contribution is -2.00. The fraction of sp³-hybridized carbons (Fsp3) is 0.368. The third-order valence-corrected chi connectivity index (χ3v) is 4.53. The Hall–Kier alpha value is -1.28. The highest BCUT2D eigenvalue weighted by Gasteiger charge is 2.12. The molecule has 1 aliphatic rings. The molecule has 1 aliphatic carbocycles. The number of hydrogen-bond acceptors (Lipinski definition) is 1. The molecule has 0 N–H and O–H groups in total. The van der Waals surface area contributed by atoms with Gasteiger partial charge in [-0.05, 0) is 73.7 Å². The van der Waals surface area contributed by atoms with Gasteiger partial charge >= 0.3 is 0 Å². The summed E-state index contributed by atoms with van der Waals surface area (Å²) >= 11 is 3.68. The quantitative estimate of drug-likeness (QED) is 0.611. The van der Waals surface area contributed by atoms with Crippen LogP contribution in [0.1, 0.15) is 51.7 Å². The van der Waals surface area contributed by atoms with Crippen LogP contribution in [0.3, 0.4) is 0 Å². The molecule has 0 bridgehead atoms. The molecule has 0 aromatic heterocycles. The number of benzene rings is 1. The first-order chi connectivity index (χ1) is 10.1. The van der Waals surface area contributed by atoms with Gasteiger partial charge in [0, 0.05) is 0 Å². The zero-order chi connectivity index (χ0) is 15.2. The monoisotopic (exact) mass is 346 g/mol. The van der Waals surface area contributed by atoms with Gasteiger partial charge in [0.15, 0.2) is 0 Å². The molecule has 21 heavy (non-hydrogen) atoms. The normalized spacial score (nSPS) is 26.5. The molecular formula is C19H23BrO. The molecule has 2 heteroatoms. The second kappa shape index (κ2) is 7.65. The Kier molecular flexibility index (Phi) is 5.86. The number of halogens is 1. The fourth-order valence-electron chi connectivity index (χ4n) is 2.37. The summed E-state index contributed by atoms with van der Waals surface area (Å²) in [5, 5.41) is 0. The molecule has 0 saturated carbocycles. The molecule has 0 aliphatic heterocycles. The van der Waals surface area contributed by atoms with E-state index in [0.717, 1.165) is 23.1 Å². The van der Waals surface area contributed by atoms with Crippen LogP contribution in [0, 0.1) is 0 Å². The topological polar surface area (TPSA) is 9.23 Å². The third kappa shape index (κ3) is 4.60. The molecule has 1 nitrogen and oxygen atoms in total. The highest BCUT2D eigenvalue weighted by Crippen LogP contribution is 2.30. The first kappa shape index (κ1) is 16.1. The highest BCUT2D eigenvalue weighted by atomic mass is 79.9. The Morgan fingerprint density at radius 3 is 2.57 bits per heavy atom. The average Bonchev–Trinajstić information content (AvgIpc) is 2.54. The lowest BCUT2D eigenvalue weighted by atomic mass is 10.1. The van der Waals surface area contributed by atoms with Crippen LogP contribution in [0.25, 0.3) is 0 Å². The van der Waals surface area contributed by atoms with Gasteiger partial charge in [-0.25, -0.2) is 0 Å². The largest absolute Gasteiger partial charge is 0.485 e. The van der Waals surface area contributed by atoms with Crippen LogP contribution in [0.4, 0.5) is 0 Å². The molecule has 0 saturated heterocycles. The maximum atomic E-state index is 6.19. The van der Waals surface area contributed by atoms with E-state index in [1.807, 2.05) is 18.2 Å². The summed E-state index contributed by atoms with van der Waals surface area (Å²) < 4.78 is 7.22. The standard InChI is InChI=1S/C19H23BrO/c1-14-9-7-8-12-19(18(20)13-15(14)2)21-16(3)17-10-5-4-6-11-17/h4-6,10-13,16H,7-9H2,1-3H3/b15-14-,18-13+,19-12-. The number of rotatable bonds is 3. The Morgan fingerprint density at radius 2 is 1.86 bits per heavy atom. The molecule has 0 fully saturated rings. The second-order valence-electron chi connectivity index (χ2n) is 5.59. The van der Waals surface area contributed by atoms with Crippen LogP contribution in [-0.2, 0) is 4.74 Å². The third-order valence-electron chi connectivity index (χ3n) is 3.91. The molecule has 1 unspecified atom stereocenters. The van der Waals surface area contributed by atoms with Gasteiger partial charge in [0.25, 0.3) is 0 Å². The number of allylic oxidation sites excluding steroid dienone is 5. The summed E-state index contributed by atoms with van der Waals surface area (Å²) in [6.07, 6.45) is 7.79. The van der Waals surface area contributed by atoms with E-state index in [0.29, 0.717) is 0 Å². The molecule has 0 amide bonds. The maximum Gasteiger partial charge on any atom is 0.130 e. The molecule has 112 valence electrons. The highest BCUT2D eigenvalue weighted by molar-refractivity contribution is 9.12. The first-order valence-electron chi connectivity index (χ1n) is 7.53. The van der Waals surface area contributed by atoms with Gasteiger partial charge in [0.05, 0.1) is 4.48 Å². The zero-order valence-corrected chi connectivity index (χ0v) is 14.6. The van der Waals surface area contributed by atoms with Crippen LogP contribution >= 0.6 is 15.9 Å². The smallest absolute Gasteiger partial charge is 0.130 e. The molecule has 0 heterocycles. The zero-order valence-electron chi connectivity index (χ0n) is 13.0. The molecule has 1 aromatic rings. The Balaban J connectivity index is 2.19. The number of hydrogen-bond donors (Lipinski definition) is 0. The van der Waals surface area contributed by atoms with E-state index in [4.69, 9.17) is 4.74 Å². The molecule has 1 aromatic carbocycles. The van der Waals surface area contributed by atoms with E-state index in [1.165, 1.54) is 23.1 Å². The van der Waals surface area contributed by atoms with Crippen molar-refractivity contribution in [3.8, 4) is 0 Å². The van der Waals surface area contributed by atoms with E-state index >= 15 is 0 Å². The predicted molar refractivity (Wildman–Crippen MR) is 93.3 cm³/mol. The van der Waals surface area contributed by atoms with Crippen molar-refractivity contribution in [3.63, 3.8) is 0 Å². The van der Waals surface area contributed by atoms with E-state index in [-0.39, 0.29) is 6.10 Å². The van der Waals surface area contributed by atoms with Crippen molar-refractivity contribution < 1.29 is 4.74 Å². The number of ether oxygens (including phenoxy) is 1. The molecular weight excluding hydrogens is 324 g/mol. The van der Waals surface area contributed by atoms with E-state index in [9.17, 15) is 0 Å². The van der Waals surface area contributed by atoms with Crippen molar-refractivity contribution in [1.29, 1.82) is 0 Å². The van der Waals surface area contributed by atoms with Gasteiger partial charge in [-0.2, -0.15) is 0 Å². The molecule has 0 radical (unpaired) electrons. The van der Waals surface area contributed by atoms with Gasteiger partial charge in [-0.1, -0.05) is 41.5 Å². The van der Waals surface area contributed by atoms with E-state index < -0.39 is 0 Å². The van der Waals surface area contributed by atoms with Crippen LogP contribution in [-0.4, -0.2) is 0 Å². The molecule has 0 spiro atoms. The lowest BCUT2D eigenvalue weighted by Gasteiger charge is -2.18. The summed E-state index contributed by atoms with van der Waals surface area (Å²) in [5.74, 6) is 0.945. The minimum atomic E-state index is 0.0459. The van der Waals surface area contributed by atoms with Crippen LogP contribution in [0.5, 0.6) is 0 Å². The van der Waals surface area contributed by atoms with Crippen molar-refractivity contribution in [2.24, 2.45) is 0 Å². The van der Waals surface area contributed by atoms with E-state index in [1.54, 1.807) is 0 Å². The van der Waals surface area contributed by atoms with Gasteiger partial charge in [-0.15, -0.1) is 0 Å². The van der Waals surface area contributed by atoms with Gasteiger partial charge in [0.2, 0.25) is 0 Å². The summed E-state index contributed by atoms with van der Waals surface area (Å²) in [5.41, 5.74) is 3.98. The Bertz CT molecular complexity index is 566. The van der Waals surface area contributed by atoms with Crippen molar-refractivity contribution >= 4 is 15.9 Å². The Labute approximate surface area is 136 Å².